The fourth-order valence-corrected chi connectivity index (χ4v) is 4.18. The summed E-state index contributed by atoms with van der Waals surface area (Å²) < 4.78 is 1.86. The molecule has 0 saturated carbocycles. The normalized spacial score (nSPS) is 22.8. The van der Waals surface area contributed by atoms with Crippen molar-refractivity contribution >= 4 is 22.8 Å². The number of nitrogens with zero attached hydrogens (tertiary/aromatic N) is 2. The van der Waals surface area contributed by atoms with Gasteiger partial charge in [-0.2, -0.15) is 0 Å². The molecule has 25 heavy (non-hydrogen) atoms. The lowest BCUT2D eigenvalue weighted by atomic mass is 9.89. The molecule has 1 aromatic carbocycles. The van der Waals surface area contributed by atoms with E-state index in [0.29, 0.717) is 22.8 Å². The molecule has 6 nitrogen and oxygen atoms in total. The first kappa shape index (κ1) is 17.5. The highest BCUT2D eigenvalue weighted by Crippen LogP contribution is 2.34. The van der Waals surface area contributed by atoms with Crippen LogP contribution in [0.2, 0.25) is 0 Å². The summed E-state index contributed by atoms with van der Waals surface area (Å²) in [7, 11) is 1.85. The lowest BCUT2D eigenvalue weighted by molar-refractivity contribution is -0.144. The number of carbonyl (C=O) groups is 2. The second kappa shape index (κ2) is 6.52. The molecule has 0 radical (unpaired) electrons. The first-order valence-electron chi connectivity index (χ1n) is 8.57. The molecular weight excluding hydrogens is 320 g/mol. The van der Waals surface area contributed by atoms with E-state index in [1.807, 2.05) is 22.7 Å². The van der Waals surface area contributed by atoms with Gasteiger partial charge in [-0.3, -0.25) is 9.69 Å². The first-order valence-corrected chi connectivity index (χ1v) is 8.57. The molecule has 2 N–H and O–H groups in total. The average Bonchev–Trinajstić information content (AvgIpc) is 2.82. The van der Waals surface area contributed by atoms with Crippen LogP contribution in [-0.2, 0) is 11.8 Å². The highest BCUT2D eigenvalue weighted by Gasteiger charge is 2.34. The van der Waals surface area contributed by atoms with Crippen LogP contribution in [0.25, 0.3) is 10.9 Å². The van der Waals surface area contributed by atoms with Crippen LogP contribution in [-0.4, -0.2) is 44.7 Å². The van der Waals surface area contributed by atoms with Gasteiger partial charge < -0.3 is 14.8 Å². The number of benzene rings is 1. The Morgan fingerprint density at radius 1 is 1.16 bits per heavy atom. The molecule has 134 valence electrons. The van der Waals surface area contributed by atoms with Gasteiger partial charge in [-0.25, -0.2) is 4.79 Å². The summed E-state index contributed by atoms with van der Waals surface area (Å²) in [5.74, 6) is -1.02. The van der Waals surface area contributed by atoms with Crippen LogP contribution < -0.4 is 0 Å². The van der Waals surface area contributed by atoms with Crippen molar-refractivity contribution in [2.24, 2.45) is 18.9 Å². The number of piperidine rings is 1. The van der Waals surface area contributed by atoms with E-state index in [9.17, 15) is 19.8 Å². The fourth-order valence-electron chi connectivity index (χ4n) is 4.18. The molecule has 1 aromatic heterocycles. The van der Waals surface area contributed by atoms with Crippen molar-refractivity contribution in [2.45, 2.75) is 26.3 Å². The molecular formula is C19H24N2O4. The van der Waals surface area contributed by atoms with Crippen molar-refractivity contribution in [3.05, 3.63) is 35.5 Å². The number of aryl methyl sites for hydroxylation is 1. The van der Waals surface area contributed by atoms with Gasteiger partial charge in [0.1, 0.15) is 6.04 Å². The number of hydrogen-bond donors (Lipinski definition) is 2. The van der Waals surface area contributed by atoms with Crippen LogP contribution in [0.4, 0.5) is 0 Å². The quantitative estimate of drug-likeness (QED) is 0.891. The molecule has 1 saturated heterocycles. The van der Waals surface area contributed by atoms with Gasteiger partial charge in [-0.15, -0.1) is 0 Å². The molecule has 3 rings (SSSR count). The second-order valence-electron chi connectivity index (χ2n) is 7.37. The number of carboxylic acids is 2. The number of fused-ring (bicyclic) bond motifs is 1. The molecule has 1 aliphatic rings. The van der Waals surface area contributed by atoms with Gasteiger partial charge in [0.25, 0.3) is 0 Å². The standard InChI is InChI=1S/C19H24N2O4/c1-11-6-12(2)9-21(8-11)17(19(24)25)15-10-20(3)16-5-4-13(18(22)23)7-14(15)16/h4-5,7,10-12,17H,6,8-9H2,1-3H3,(H,22,23)(H,24,25)/t11-,12+,17-/m0/s1. The van der Waals surface area contributed by atoms with E-state index in [1.54, 1.807) is 18.2 Å². The molecule has 3 atom stereocenters. The Morgan fingerprint density at radius 2 is 1.80 bits per heavy atom. The van der Waals surface area contributed by atoms with Crippen molar-refractivity contribution in [1.82, 2.24) is 9.47 Å². The summed E-state index contributed by atoms with van der Waals surface area (Å²) in [6.45, 7) is 5.76. The van der Waals surface area contributed by atoms with Gasteiger partial charge >= 0.3 is 11.9 Å². The number of aromatic carboxylic acids is 1. The third-order valence-corrected chi connectivity index (χ3v) is 5.06. The predicted molar refractivity (Wildman–Crippen MR) is 94.8 cm³/mol. The Kier molecular flexibility index (Phi) is 4.56. The maximum absolute atomic E-state index is 12.1. The van der Waals surface area contributed by atoms with Crippen LogP contribution in [0.1, 0.15) is 42.2 Å². The van der Waals surface area contributed by atoms with Crippen LogP contribution in [0, 0.1) is 11.8 Å². The smallest absolute Gasteiger partial charge is 0.335 e. The lowest BCUT2D eigenvalue weighted by Gasteiger charge is -2.38. The Balaban J connectivity index is 2.11. The summed E-state index contributed by atoms with van der Waals surface area (Å²) in [6.07, 6.45) is 2.92. The SMILES string of the molecule is C[C@@H]1C[C@H](C)CN([C@H](C(=O)O)c2cn(C)c3ccc(C(=O)O)cc23)C1. The lowest BCUT2D eigenvalue weighted by Crippen LogP contribution is -2.43. The minimum absolute atomic E-state index is 0.171. The number of rotatable bonds is 4. The summed E-state index contributed by atoms with van der Waals surface area (Å²) in [5.41, 5.74) is 1.67. The zero-order valence-corrected chi connectivity index (χ0v) is 14.8. The zero-order chi connectivity index (χ0) is 18.3. The fraction of sp³-hybridized carbons (Fsp3) is 0.474. The maximum Gasteiger partial charge on any atom is 0.335 e. The van der Waals surface area contributed by atoms with Gasteiger partial charge in [0.05, 0.1) is 5.56 Å². The topological polar surface area (TPSA) is 82.8 Å². The Morgan fingerprint density at radius 3 is 2.36 bits per heavy atom. The van der Waals surface area contributed by atoms with E-state index in [0.717, 1.165) is 25.0 Å². The van der Waals surface area contributed by atoms with Crippen LogP contribution in [0.3, 0.4) is 0 Å². The van der Waals surface area contributed by atoms with E-state index >= 15 is 0 Å². The Bertz CT molecular complexity index is 816. The molecule has 1 fully saturated rings. The predicted octanol–water partition coefficient (Wildman–Crippen LogP) is 2.98. The van der Waals surface area contributed by atoms with Crippen molar-refractivity contribution in [1.29, 1.82) is 0 Å². The highest BCUT2D eigenvalue weighted by atomic mass is 16.4. The van der Waals surface area contributed by atoms with Gasteiger partial charge in [0.15, 0.2) is 0 Å². The number of carboxylic acid groups (broad SMARTS) is 2. The molecule has 2 heterocycles. The summed E-state index contributed by atoms with van der Waals surface area (Å²) in [6, 6.07) is 4.11. The highest BCUT2D eigenvalue weighted by molar-refractivity contribution is 5.96. The molecule has 0 bridgehead atoms. The molecule has 0 unspecified atom stereocenters. The third-order valence-electron chi connectivity index (χ3n) is 5.06. The van der Waals surface area contributed by atoms with Crippen LogP contribution in [0.15, 0.2) is 24.4 Å². The molecule has 2 aromatic rings. The van der Waals surface area contributed by atoms with Crippen molar-refractivity contribution in [2.75, 3.05) is 13.1 Å². The largest absolute Gasteiger partial charge is 0.480 e. The number of likely N-dealkylation sites (tertiary alicyclic amines) is 1. The minimum Gasteiger partial charge on any atom is -0.480 e. The number of aliphatic carboxylic acids is 1. The van der Waals surface area contributed by atoms with Gasteiger partial charge in [-0.05, 0) is 36.5 Å². The van der Waals surface area contributed by atoms with E-state index in [-0.39, 0.29) is 5.56 Å². The van der Waals surface area contributed by atoms with Gasteiger partial charge in [0.2, 0.25) is 0 Å². The first-order chi connectivity index (χ1) is 11.8. The molecule has 6 heteroatoms. The van der Waals surface area contributed by atoms with Crippen LogP contribution in [0.5, 0.6) is 0 Å². The zero-order valence-electron chi connectivity index (χ0n) is 14.8. The molecule has 0 aliphatic carbocycles. The monoisotopic (exact) mass is 344 g/mol. The molecule has 0 amide bonds. The molecule has 0 spiro atoms. The summed E-state index contributed by atoms with van der Waals surface area (Å²) in [5, 5.41) is 19.9. The summed E-state index contributed by atoms with van der Waals surface area (Å²) in [4.78, 5) is 25.5. The van der Waals surface area contributed by atoms with E-state index in [2.05, 4.69) is 13.8 Å². The second-order valence-corrected chi connectivity index (χ2v) is 7.37. The van der Waals surface area contributed by atoms with Crippen molar-refractivity contribution < 1.29 is 19.8 Å². The maximum atomic E-state index is 12.1. The van der Waals surface area contributed by atoms with E-state index in [1.165, 1.54) is 0 Å². The Labute approximate surface area is 146 Å². The molecule has 1 aliphatic heterocycles. The number of hydrogen-bond acceptors (Lipinski definition) is 3. The van der Waals surface area contributed by atoms with E-state index < -0.39 is 18.0 Å². The average molecular weight is 344 g/mol. The Hall–Kier alpha value is -2.34. The minimum atomic E-state index is -1.01. The van der Waals surface area contributed by atoms with Crippen LogP contribution >= 0.6 is 0 Å². The van der Waals surface area contributed by atoms with Crippen molar-refractivity contribution in [3.63, 3.8) is 0 Å². The van der Waals surface area contributed by atoms with Gasteiger partial charge in [-0.1, -0.05) is 13.8 Å². The van der Waals surface area contributed by atoms with Gasteiger partial charge in [0, 0.05) is 42.8 Å². The van der Waals surface area contributed by atoms with E-state index in [4.69, 9.17) is 0 Å². The summed E-state index contributed by atoms with van der Waals surface area (Å²) >= 11 is 0. The number of aromatic nitrogens is 1. The third kappa shape index (κ3) is 3.26. The van der Waals surface area contributed by atoms with Crippen molar-refractivity contribution in [3.8, 4) is 0 Å².